The summed E-state index contributed by atoms with van der Waals surface area (Å²) >= 11 is 24.7. The van der Waals surface area contributed by atoms with E-state index in [4.69, 9.17) is 65.8 Å². The van der Waals surface area contributed by atoms with Gasteiger partial charge in [0.15, 0.2) is 0 Å². The number of aryl methyl sites for hydroxylation is 2. The Morgan fingerprint density at radius 1 is 0.500 bits per heavy atom. The van der Waals surface area contributed by atoms with E-state index in [9.17, 15) is 0 Å². The zero-order valence-corrected chi connectivity index (χ0v) is 40.7. The number of nitrogens with zero attached hydrogens (tertiary/aromatic N) is 4. The molecule has 330 valence electrons. The van der Waals surface area contributed by atoms with Gasteiger partial charge in [-0.05, 0) is 166 Å². The fourth-order valence-electron chi connectivity index (χ4n) is 8.88. The zero-order valence-electron chi connectivity index (χ0n) is 37.6. The van der Waals surface area contributed by atoms with Crippen molar-refractivity contribution in [3.8, 4) is 0 Å². The maximum absolute atomic E-state index is 6.48. The second kappa shape index (κ2) is 22.8. The van der Waals surface area contributed by atoms with Crippen LogP contribution in [0.2, 0.25) is 0 Å². The molecule has 0 aliphatic carbocycles. The molecular formula is C48H68Cl4N6O2. The average Bonchev–Trinajstić information content (AvgIpc) is 3.85. The van der Waals surface area contributed by atoms with Gasteiger partial charge in [-0.3, -0.25) is 0 Å². The first-order chi connectivity index (χ1) is 28.7. The third-order valence-electron chi connectivity index (χ3n) is 11.8. The molecule has 0 fully saturated rings. The van der Waals surface area contributed by atoms with Crippen LogP contribution in [0.4, 0.5) is 0 Å². The largest absolute Gasteiger partial charge is 0.371 e. The lowest BCUT2D eigenvalue weighted by Crippen LogP contribution is -2.29. The maximum atomic E-state index is 6.48. The fourth-order valence-corrected chi connectivity index (χ4v) is 9.84. The molecule has 60 heavy (non-hydrogen) atoms. The summed E-state index contributed by atoms with van der Waals surface area (Å²) in [5, 5.41) is 0. The lowest BCUT2D eigenvalue weighted by atomic mass is 9.98. The third kappa shape index (κ3) is 12.0. The van der Waals surface area contributed by atoms with Crippen molar-refractivity contribution in [2.75, 3.05) is 62.8 Å². The first-order valence-corrected chi connectivity index (χ1v) is 24.0. The van der Waals surface area contributed by atoms with Crippen molar-refractivity contribution >= 4 is 90.8 Å². The van der Waals surface area contributed by atoms with Crippen molar-refractivity contribution in [3.05, 3.63) is 69.3 Å². The summed E-state index contributed by atoms with van der Waals surface area (Å²) < 4.78 is 12.9. The molecule has 0 amide bonds. The van der Waals surface area contributed by atoms with Crippen LogP contribution in [0.5, 0.6) is 0 Å². The summed E-state index contributed by atoms with van der Waals surface area (Å²) in [5.74, 6) is 2.32. The zero-order chi connectivity index (χ0) is 43.7. The van der Waals surface area contributed by atoms with Crippen LogP contribution in [0.1, 0.15) is 138 Å². The van der Waals surface area contributed by atoms with Gasteiger partial charge in [0.05, 0.1) is 47.2 Å². The number of allylic oxidation sites excluding steroid dienone is 4. The van der Waals surface area contributed by atoms with Crippen molar-refractivity contribution in [2.24, 2.45) is 0 Å². The number of hydrogen-bond donors (Lipinski definition) is 2. The van der Waals surface area contributed by atoms with Gasteiger partial charge in [-0.15, -0.1) is 46.4 Å². The molecular weight excluding hydrogens is 834 g/mol. The monoisotopic (exact) mass is 900 g/mol. The van der Waals surface area contributed by atoms with Crippen LogP contribution >= 0.6 is 46.4 Å². The lowest BCUT2D eigenvalue weighted by Gasteiger charge is -2.20. The molecule has 3 aromatic heterocycles. The van der Waals surface area contributed by atoms with E-state index in [0.717, 1.165) is 132 Å². The number of alkyl halides is 4. The van der Waals surface area contributed by atoms with Gasteiger partial charge in [-0.1, -0.05) is 0 Å². The Morgan fingerprint density at radius 3 is 1.25 bits per heavy atom. The standard InChI is InChI=1S/C48H68Cl4N6O2/c1-29(2)59-35(9)47-33(7)41-25-39-31(5)37(13-11-19-57(21-15-49)22-16-50)43(53-39)28-44-38(14-12-20-58(23-17-51)24-18-52)32(6)40(54-44)26-45-48(36(10)60-30(3)4)34(8)42(56-45)27-46(47)55-41/h25-30,35-36,55-56H,11-24H2,1-10H3. The highest BCUT2D eigenvalue weighted by atomic mass is 35.5. The number of aromatic nitrogens is 4. The number of H-pyrrole nitrogens is 2. The topological polar surface area (TPSA) is 82.3 Å². The summed E-state index contributed by atoms with van der Waals surface area (Å²) in [5.41, 5.74) is 17.3. The molecule has 0 radical (unpaired) electrons. The molecule has 2 aliphatic heterocycles. The molecule has 5 rings (SSSR count). The SMILES string of the molecule is CC1=C(CCCN(CCCl)CCCl)c2cc3nc(cc4[nH]c(cc5[nH]c(cc1n2)c(C)c5C(C)OC(C)C)c(C)c4C(C)OC(C)C)C(C)=C3CCCN(CCCl)CCCl. The lowest BCUT2D eigenvalue weighted by molar-refractivity contribution is 0.0181. The summed E-state index contributed by atoms with van der Waals surface area (Å²) in [4.78, 5) is 23.2. The van der Waals surface area contributed by atoms with Gasteiger partial charge in [0.25, 0.3) is 0 Å². The van der Waals surface area contributed by atoms with E-state index in [1.54, 1.807) is 0 Å². The Balaban J connectivity index is 1.81. The minimum absolute atomic E-state index is 0.0628. The van der Waals surface area contributed by atoms with Gasteiger partial charge < -0.3 is 29.2 Å². The molecule has 0 saturated heterocycles. The van der Waals surface area contributed by atoms with E-state index < -0.39 is 0 Å². The summed E-state index contributed by atoms with van der Waals surface area (Å²) in [6.45, 7) is 26.5. The Bertz CT molecular complexity index is 2140. The van der Waals surface area contributed by atoms with E-state index >= 15 is 0 Å². The first-order valence-electron chi connectivity index (χ1n) is 21.9. The van der Waals surface area contributed by atoms with E-state index in [1.807, 2.05) is 0 Å². The van der Waals surface area contributed by atoms with Crippen LogP contribution in [0, 0.1) is 13.8 Å². The van der Waals surface area contributed by atoms with Crippen molar-refractivity contribution in [3.63, 3.8) is 0 Å². The average molecular weight is 903 g/mol. The molecule has 5 heterocycles. The Kier molecular flexibility index (Phi) is 18.5. The van der Waals surface area contributed by atoms with E-state index in [2.05, 4.69) is 113 Å². The predicted octanol–water partition coefficient (Wildman–Crippen LogP) is 12.9. The van der Waals surface area contributed by atoms with Crippen LogP contribution in [0.3, 0.4) is 0 Å². The van der Waals surface area contributed by atoms with E-state index in [0.29, 0.717) is 23.5 Å². The second-order valence-corrected chi connectivity index (χ2v) is 18.3. The maximum Gasteiger partial charge on any atom is 0.0823 e. The van der Waals surface area contributed by atoms with Gasteiger partial charge in [-0.2, -0.15) is 0 Å². The minimum Gasteiger partial charge on any atom is -0.371 e. The summed E-state index contributed by atoms with van der Waals surface area (Å²) in [7, 11) is 0. The molecule has 0 aromatic carbocycles. The highest BCUT2D eigenvalue weighted by Crippen LogP contribution is 2.39. The van der Waals surface area contributed by atoms with Gasteiger partial charge in [0.2, 0.25) is 0 Å². The van der Waals surface area contributed by atoms with E-state index in [1.165, 1.54) is 22.3 Å². The van der Waals surface area contributed by atoms with Crippen LogP contribution in [-0.4, -0.2) is 105 Å². The highest BCUT2D eigenvalue weighted by molar-refractivity contribution is 6.18. The van der Waals surface area contributed by atoms with Crippen LogP contribution in [-0.2, 0) is 9.47 Å². The van der Waals surface area contributed by atoms with Crippen LogP contribution in [0.25, 0.3) is 44.4 Å². The number of aromatic amines is 2. The van der Waals surface area contributed by atoms with Crippen LogP contribution < -0.4 is 0 Å². The number of ether oxygens (including phenoxy) is 2. The molecule has 8 nitrogen and oxygen atoms in total. The number of halogens is 4. The van der Waals surface area contributed by atoms with Gasteiger partial charge >= 0.3 is 0 Å². The smallest absolute Gasteiger partial charge is 0.0823 e. The molecule has 0 spiro atoms. The van der Waals surface area contributed by atoms with Gasteiger partial charge in [0.1, 0.15) is 0 Å². The predicted molar refractivity (Wildman–Crippen MR) is 259 cm³/mol. The quantitative estimate of drug-likeness (QED) is 0.0978. The molecule has 2 atom stereocenters. The molecule has 2 aliphatic rings. The van der Waals surface area contributed by atoms with Gasteiger partial charge in [-0.25, -0.2) is 9.97 Å². The number of fused-ring (bicyclic) bond motifs is 8. The molecule has 12 heteroatoms. The van der Waals surface area contributed by atoms with Crippen molar-refractivity contribution in [1.82, 2.24) is 29.7 Å². The Hall–Kier alpha value is -2.40. The summed E-state index contributed by atoms with van der Waals surface area (Å²) in [6, 6.07) is 8.91. The van der Waals surface area contributed by atoms with Crippen molar-refractivity contribution < 1.29 is 9.47 Å². The molecule has 8 bridgehead atoms. The van der Waals surface area contributed by atoms with E-state index in [-0.39, 0.29) is 24.4 Å². The Labute approximate surface area is 379 Å². The minimum atomic E-state index is -0.147. The van der Waals surface area contributed by atoms with Gasteiger partial charge in [0, 0.05) is 82.9 Å². The van der Waals surface area contributed by atoms with Crippen LogP contribution in [0.15, 0.2) is 24.3 Å². The normalized spacial score (nSPS) is 14.6. The fraction of sp³-hybridized carbons (Fsp3) is 0.583. The number of rotatable bonds is 22. The molecule has 3 aromatic rings. The second-order valence-electron chi connectivity index (χ2n) is 16.8. The summed E-state index contributed by atoms with van der Waals surface area (Å²) in [6.07, 6.45) is 3.50. The molecule has 2 N–H and O–H groups in total. The highest BCUT2D eigenvalue weighted by Gasteiger charge is 2.24. The number of nitrogens with one attached hydrogen (secondary N) is 2. The molecule has 0 saturated carbocycles. The Morgan fingerprint density at radius 2 is 0.867 bits per heavy atom. The first kappa shape index (κ1) is 48.6. The van der Waals surface area contributed by atoms with Crippen molar-refractivity contribution in [1.29, 1.82) is 0 Å². The molecule has 2 unspecified atom stereocenters. The third-order valence-corrected chi connectivity index (χ3v) is 12.5. The van der Waals surface area contributed by atoms with Crippen molar-refractivity contribution in [2.45, 2.75) is 119 Å². The number of hydrogen-bond acceptors (Lipinski definition) is 6.